The zero-order valence-electron chi connectivity index (χ0n) is 16.9. The van der Waals surface area contributed by atoms with E-state index in [9.17, 15) is 9.18 Å². The summed E-state index contributed by atoms with van der Waals surface area (Å²) in [5, 5.41) is 6.27. The second-order valence-electron chi connectivity index (χ2n) is 7.53. The zero-order chi connectivity index (χ0) is 20.6. The lowest BCUT2D eigenvalue weighted by Gasteiger charge is -2.10. The van der Waals surface area contributed by atoms with E-state index in [1.807, 2.05) is 24.3 Å². The van der Waals surface area contributed by atoms with Crippen molar-refractivity contribution < 1.29 is 9.18 Å². The molecule has 150 valence electrons. The fourth-order valence-electron chi connectivity index (χ4n) is 3.02. The van der Waals surface area contributed by atoms with Crippen molar-refractivity contribution in [2.45, 2.75) is 39.3 Å². The van der Waals surface area contributed by atoms with Gasteiger partial charge in [-0.1, -0.05) is 62.4 Å². The van der Waals surface area contributed by atoms with Crippen molar-refractivity contribution in [1.29, 1.82) is 0 Å². The van der Waals surface area contributed by atoms with Crippen LogP contribution in [0.4, 0.5) is 10.1 Å². The Bertz CT molecular complexity index is 917. The van der Waals surface area contributed by atoms with Crippen LogP contribution < -0.4 is 10.6 Å². The summed E-state index contributed by atoms with van der Waals surface area (Å²) in [6.07, 6.45) is 0.318. The Labute approximate surface area is 172 Å². The summed E-state index contributed by atoms with van der Waals surface area (Å²) in [5.41, 5.74) is 5.43. The molecule has 0 bridgehead atoms. The fraction of sp³-hybridized carbons (Fsp3) is 0.240. The number of carbonyl (C=O) groups is 1. The van der Waals surface area contributed by atoms with E-state index in [0.29, 0.717) is 18.9 Å². The first-order chi connectivity index (χ1) is 14.0. The molecule has 0 unspecified atom stereocenters. The van der Waals surface area contributed by atoms with Gasteiger partial charge >= 0.3 is 0 Å². The first-order valence-corrected chi connectivity index (χ1v) is 9.92. The standard InChI is InChI=1S/C25H27FN2O/c1-18(2)22-9-3-20(4-10-22)16-27-24-13-7-19(8-14-24)15-25(29)28-17-21-5-11-23(26)12-6-21/h3-14,18,27H,15-17H2,1-2H3,(H,28,29). The van der Waals surface area contributed by atoms with Crippen molar-refractivity contribution >= 4 is 11.6 Å². The number of hydrogen-bond acceptors (Lipinski definition) is 2. The van der Waals surface area contributed by atoms with E-state index in [0.717, 1.165) is 23.4 Å². The molecular weight excluding hydrogens is 363 g/mol. The van der Waals surface area contributed by atoms with Crippen LogP contribution in [0.5, 0.6) is 0 Å². The largest absolute Gasteiger partial charge is 0.381 e. The summed E-state index contributed by atoms with van der Waals surface area (Å²) in [5.74, 6) is 0.207. The smallest absolute Gasteiger partial charge is 0.224 e. The number of nitrogens with one attached hydrogen (secondary N) is 2. The molecule has 2 N–H and O–H groups in total. The maximum Gasteiger partial charge on any atom is 0.224 e. The van der Waals surface area contributed by atoms with Crippen molar-refractivity contribution in [2.75, 3.05) is 5.32 Å². The minimum Gasteiger partial charge on any atom is -0.381 e. The average molecular weight is 391 g/mol. The highest BCUT2D eigenvalue weighted by Crippen LogP contribution is 2.16. The summed E-state index contributed by atoms with van der Waals surface area (Å²) in [4.78, 5) is 12.1. The molecule has 0 aliphatic heterocycles. The van der Waals surface area contributed by atoms with Crippen LogP contribution in [-0.2, 0) is 24.3 Å². The number of rotatable bonds is 8. The summed E-state index contributed by atoms with van der Waals surface area (Å²) < 4.78 is 12.9. The second kappa shape index (κ2) is 9.87. The number of carbonyl (C=O) groups excluding carboxylic acids is 1. The Balaban J connectivity index is 1.45. The van der Waals surface area contributed by atoms with Gasteiger partial charge in [0.05, 0.1) is 6.42 Å². The highest BCUT2D eigenvalue weighted by atomic mass is 19.1. The van der Waals surface area contributed by atoms with Gasteiger partial charge in [-0.3, -0.25) is 4.79 Å². The van der Waals surface area contributed by atoms with Gasteiger partial charge in [0.15, 0.2) is 0 Å². The lowest BCUT2D eigenvalue weighted by molar-refractivity contribution is -0.120. The highest BCUT2D eigenvalue weighted by Gasteiger charge is 2.04. The predicted molar refractivity (Wildman–Crippen MR) is 116 cm³/mol. The van der Waals surface area contributed by atoms with Gasteiger partial charge in [-0.05, 0) is 52.4 Å². The molecule has 0 saturated carbocycles. The van der Waals surface area contributed by atoms with Gasteiger partial charge in [-0.25, -0.2) is 4.39 Å². The van der Waals surface area contributed by atoms with Gasteiger partial charge in [-0.2, -0.15) is 0 Å². The lowest BCUT2D eigenvalue weighted by atomic mass is 10.0. The van der Waals surface area contributed by atoms with E-state index in [-0.39, 0.29) is 11.7 Å². The van der Waals surface area contributed by atoms with Crippen molar-refractivity contribution in [3.63, 3.8) is 0 Å². The van der Waals surface area contributed by atoms with Crippen LogP contribution in [0.3, 0.4) is 0 Å². The molecule has 3 rings (SSSR count). The zero-order valence-corrected chi connectivity index (χ0v) is 16.9. The van der Waals surface area contributed by atoms with Crippen molar-refractivity contribution in [2.24, 2.45) is 0 Å². The number of benzene rings is 3. The third-order valence-corrected chi connectivity index (χ3v) is 4.86. The van der Waals surface area contributed by atoms with Crippen LogP contribution in [0.25, 0.3) is 0 Å². The van der Waals surface area contributed by atoms with E-state index in [4.69, 9.17) is 0 Å². The van der Waals surface area contributed by atoms with Crippen molar-refractivity contribution in [3.8, 4) is 0 Å². The van der Waals surface area contributed by atoms with Crippen molar-refractivity contribution in [3.05, 3.63) is 101 Å². The molecule has 3 nitrogen and oxygen atoms in total. The van der Waals surface area contributed by atoms with E-state index in [2.05, 4.69) is 48.7 Å². The monoisotopic (exact) mass is 390 g/mol. The number of hydrogen-bond donors (Lipinski definition) is 2. The SMILES string of the molecule is CC(C)c1ccc(CNc2ccc(CC(=O)NCc3ccc(F)cc3)cc2)cc1. The van der Waals surface area contributed by atoms with Crippen LogP contribution in [0.2, 0.25) is 0 Å². The fourth-order valence-corrected chi connectivity index (χ4v) is 3.02. The molecule has 0 saturated heterocycles. The first kappa shape index (κ1) is 20.6. The van der Waals surface area contributed by atoms with E-state index >= 15 is 0 Å². The maximum atomic E-state index is 12.9. The lowest BCUT2D eigenvalue weighted by Crippen LogP contribution is -2.24. The second-order valence-corrected chi connectivity index (χ2v) is 7.53. The molecule has 0 aromatic heterocycles. The summed E-state index contributed by atoms with van der Waals surface area (Å²) in [6.45, 7) is 5.54. The van der Waals surface area contributed by atoms with Gasteiger partial charge in [0, 0.05) is 18.8 Å². The third-order valence-electron chi connectivity index (χ3n) is 4.86. The van der Waals surface area contributed by atoms with Crippen LogP contribution in [0.1, 0.15) is 42.0 Å². The first-order valence-electron chi connectivity index (χ1n) is 9.92. The van der Waals surface area contributed by atoms with Gasteiger partial charge in [0.1, 0.15) is 5.82 Å². The van der Waals surface area contributed by atoms with Crippen LogP contribution in [0, 0.1) is 5.82 Å². The summed E-state index contributed by atoms with van der Waals surface area (Å²) in [7, 11) is 0. The normalized spacial score (nSPS) is 10.8. The topological polar surface area (TPSA) is 41.1 Å². The van der Waals surface area contributed by atoms with Gasteiger partial charge in [-0.15, -0.1) is 0 Å². The third kappa shape index (κ3) is 6.46. The molecule has 0 aliphatic rings. The molecule has 0 spiro atoms. The molecule has 0 heterocycles. The number of amides is 1. The molecule has 0 fully saturated rings. The highest BCUT2D eigenvalue weighted by molar-refractivity contribution is 5.78. The quantitative estimate of drug-likeness (QED) is 0.539. The Morgan fingerprint density at radius 3 is 1.97 bits per heavy atom. The molecule has 1 amide bonds. The Kier molecular flexibility index (Phi) is 7.01. The Morgan fingerprint density at radius 1 is 0.793 bits per heavy atom. The molecule has 0 atom stereocenters. The van der Waals surface area contributed by atoms with Gasteiger partial charge in [0.25, 0.3) is 0 Å². The predicted octanol–water partition coefficient (Wildman–Crippen LogP) is 5.42. The van der Waals surface area contributed by atoms with Gasteiger partial charge in [0.2, 0.25) is 5.91 Å². The molecule has 4 heteroatoms. The molecule has 3 aromatic rings. The van der Waals surface area contributed by atoms with Gasteiger partial charge < -0.3 is 10.6 Å². The Hall–Kier alpha value is -3.14. The molecule has 0 radical (unpaired) electrons. The molecular formula is C25H27FN2O. The van der Waals surface area contributed by atoms with E-state index < -0.39 is 0 Å². The van der Waals surface area contributed by atoms with E-state index in [1.54, 1.807) is 12.1 Å². The minimum atomic E-state index is -0.277. The number of anilines is 1. The van der Waals surface area contributed by atoms with Crippen molar-refractivity contribution in [1.82, 2.24) is 5.32 Å². The average Bonchev–Trinajstić information content (AvgIpc) is 2.73. The van der Waals surface area contributed by atoms with E-state index in [1.165, 1.54) is 23.3 Å². The van der Waals surface area contributed by atoms with Crippen LogP contribution >= 0.6 is 0 Å². The van der Waals surface area contributed by atoms with Crippen LogP contribution in [0.15, 0.2) is 72.8 Å². The summed E-state index contributed by atoms with van der Waals surface area (Å²) >= 11 is 0. The maximum absolute atomic E-state index is 12.9. The molecule has 29 heavy (non-hydrogen) atoms. The molecule has 3 aromatic carbocycles. The molecule has 0 aliphatic carbocycles. The summed E-state index contributed by atoms with van der Waals surface area (Å²) in [6, 6.07) is 22.7. The Morgan fingerprint density at radius 2 is 1.34 bits per heavy atom. The minimum absolute atomic E-state index is 0.0553. The number of halogens is 1. The van der Waals surface area contributed by atoms with Crippen LogP contribution in [-0.4, -0.2) is 5.91 Å².